The summed E-state index contributed by atoms with van der Waals surface area (Å²) >= 11 is 0. The maximum atomic E-state index is 5.02. The summed E-state index contributed by atoms with van der Waals surface area (Å²) in [7, 11) is 1.71. The topological polar surface area (TPSA) is 58.5 Å². The van der Waals surface area contributed by atoms with Crippen LogP contribution >= 0.6 is 24.0 Å². The molecule has 0 saturated carbocycles. The molecule has 114 valence electrons. The normalized spacial score (nSPS) is 10.8. The number of nitrogens with zero attached hydrogens (tertiary/aromatic N) is 2. The maximum Gasteiger partial charge on any atom is 0.191 e. The Labute approximate surface area is 138 Å². The summed E-state index contributed by atoms with van der Waals surface area (Å²) in [6.45, 7) is 7.07. The van der Waals surface area contributed by atoms with Crippen molar-refractivity contribution in [2.75, 3.05) is 26.8 Å². The molecule has 0 amide bonds. The number of halogens is 1. The first kappa shape index (κ1) is 19.1. The number of nitrogens with one attached hydrogen (secondary N) is 2. The molecule has 1 aromatic heterocycles. The zero-order chi connectivity index (χ0) is 13.9. The Kier molecular flexibility index (Phi) is 11.4. The minimum absolute atomic E-state index is 0. The molecule has 0 radical (unpaired) electrons. The summed E-state index contributed by atoms with van der Waals surface area (Å²) in [5, 5.41) is 6.49. The van der Waals surface area contributed by atoms with Crippen molar-refractivity contribution in [3.8, 4) is 0 Å². The van der Waals surface area contributed by atoms with Crippen LogP contribution in [0, 0.1) is 6.92 Å². The minimum Gasteiger partial charge on any atom is -0.385 e. The van der Waals surface area contributed by atoms with Crippen molar-refractivity contribution in [1.82, 2.24) is 15.6 Å². The van der Waals surface area contributed by atoms with Gasteiger partial charge in [0.2, 0.25) is 0 Å². The van der Waals surface area contributed by atoms with Gasteiger partial charge in [-0.1, -0.05) is 6.07 Å². The molecule has 1 rings (SSSR count). The number of methoxy groups -OCH3 is 1. The number of guanidine groups is 1. The molecule has 0 aromatic carbocycles. The highest BCUT2D eigenvalue weighted by Gasteiger charge is 1.98. The van der Waals surface area contributed by atoms with Gasteiger partial charge in [-0.25, -0.2) is 4.99 Å². The molecule has 0 aliphatic heterocycles. The third-order valence-electron chi connectivity index (χ3n) is 2.51. The second kappa shape index (κ2) is 11.9. The highest BCUT2D eigenvalue weighted by atomic mass is 127. The number of aromatic nitrogens is 1. The van der Waals surface area contributed by atoms with E-state index < -0.39 is 0 Å². The van der Waals surface area contributed by atoms with Crippen molar-refractivity contribution >= 4 is 29.9 Å². The van der Waals surface area contributed by atoms with Gasteiger partial charge in [-0.3, -0.25) is 4.98 Å². The fourth-order valence-corrected chi connectivity index (χ4v) is 1.61. The summed E-state index contributed by atoms with van der Waals surface area (Å²) in [6, 6.07) is 5.98. The summed E-state index contributed by atoms with van der Waals surface area (Å²) in [5.41, 5.74) is 2.00. The van der Waals surface area contributed by atoms with Crippen LogP contribution < -0.4 is 10.6 Å². The Bertz CT molecular complexity index is 399. The van der Waals surface area contributed by atoms with E-state index in [9.17, 15) is 0 Å². The minimum atomic E-state index is 0. The van der Waals surface area contributed by atoms with Gasteiger partial charge in [-0.05, 0) is 32.4 Å². The molecule has 0 bridgehead atoms. The third-order valence-corrected chi connectivity index (χ3v) is 2.51. The van der Waals surface area contributed by atoms with Crippen molar-refractivity contribution in [2.24, 2.45) is 4.99 Å². The Morgan fingerprint density at radius 2 is 2.15 bits per heavy atom. The number of rotatable bonds is 7. The van der Waals surface area contributed by atoms with E-state index >= 15 is 0 Å². The zero-order valence-electron chi connectivity index (χ0n) is 12.5. The molecule has 2 N–H and O–H groups in total. The van der Waals surface area contributed by atoms with Crippen molar-refractivity contribution in [3.63, 3.8) is 0 Å². The second-order valence-corrected chi connectivity index (χ2v) is 4.24. The van der Waals surface area contributed by atoms with Crippen molar-refractivity contribution in [3.05, 3.63) is 29.6 Å². The Morgan fingerprint density at radius 3 is 2.80 bits per heavy atom. The van der Waals surface area contributed by atoms with Crippen LogP contribution in [0.4, 0.5) is 0 Å². The molecule has 0 aliphatic rings. The molecule has 0 unspecified atom stereocenters. The number of hydrogen-bond donors (Lipinski definition) is 2. The van der Waals surface area contributed by atoms with Gasteiger partial charge in [0.15, 0.2) is 5.96 Å². The standard InChI is InChI=1S/C14H24N4O.HI/c1-4-15-14(16-9-6-10-19-3)17-11-13-8-5-7-12(2)18-13;/h5,7-8H,4,6,9-11H2,1-3H3,(H2,15,16,17);1H. The Hall–Kier alpha value is -0.890. The van der Waals surface area contributed by atoms with Crippen LogP contribution in [0.5, 0.6) is 0 Å². The molecule has 20 heavy (non-hydrogen) atoms. The lowest BCUT2D eigenvalue weighted by atomic mass is 10.3. The summed E-state index contributed by atoms with van der Waals surface area (Å²) in [5.74, 6) is 0.821. The lowest BCUT2D eigenvalue weighted by molar-refractivity contribution is 0.195. The third kappa shape index (κ3) is 8.31. The van der Waals surface area contributed by atoms with Gasteiger partial charge < -0.3 is 15.4 Å². The van der Waals surface area contributed by atoms with Crippen LogP contribution in [0.1, 0.15) is 24.7 Å². The highest BCUT2D eigenvalue weighted by molar-refractivity contribution is 14.0. The van der Waals surface area contributed by atoms with Crippen LogP contribution in [0.3, 0.4) is 0 Å². The number of hydrogen-bond acceptors (Lipinski definition) is 3. The van der Waals surface area contributed by atoms with Crippen molar-refractivity contribution in [1.29, 1.82) is 0 Å². The highest BCUT2D eigenvalue weighted by Crippen LogP contribution is 1.99. The molecule has 0 fully saturated rings. The number of aryl methyl sites for hydroxylation is 1. The smallest absolute Gasteiger partial charge is 0.191 e. The lowest BCUT2D eigenvalue weighted by Gasteiger charge is -2.10. The first-order valence-electron chi connectivity index (χ1n) is 6.70. The SMILES string of the molecule is CCNC(=NCc1cccc(C)n1)NCCCOC.I. The summed E-state index contributed by atoms with van der Waals surface area (Å²) in [6.07, 6.45) is 0.962. The van der Waals surface area contributed by atoms with E-state index in [4.69, 9.17) is 4.74 Å². The van der Waals surface area contributed by atoms with Crippen LogP contribution in [0.2, 0.25) is 0 Å². The fraction of sp³-hybridized carbons (Fsp3) is 0.571. The molecule has 0 spiro atoms. The molecule has 1 aromatic rings. The van der Waals surface area contributed by atoms with Gasteiger partial charge in [0.05, 0.1) is 12.2 Å². The summed E-state index contributed by atoms with van der Waals surface area (Å²) < 4.78 is 5.02. The van der Waals surface area contributed by atoms with E-state index in [0.717, 1.165) is 43.5 Å². The average molecular weight is 392 g/mol. The van der Waals surface area contributed by atoms with Crippen molar-refractivity contribution < 1.29 is 4.74 Å². The predicted molar refractivity (Wildman–Crippen MR) is 93.7 cm³/mol. The Balaban J connectivity index is 0.00000361. The fourth-order valence-electron chi connectivity index (χ4n) is 1.61. The molecular formula is C14H25IN4O. The number of aliphatic imine (C=N–C) groups is 1. The lowest BCUT2D eigenvalue weighted by Crippen LogP contribution is -2.38. The van der Waals surface area contributed by atoms with Gasteiger partial charge in [0.25, 0.3) is 0 Å². The largest absolute Gasteiger partial charge is 0.385 e. The summed E-state index contributed by atoms with van der Waals surface area (Å²) in [4.78, 5) is 8.95. The van der Waals surface area contributed by atoms with Gasteiger partial charge >= 0.3 is 0 Å². The molecule has 0 saturated heterocycles. The van der Waals surface area contributed by atoms with Crippen LogP contribution in [-0.2, 0) is 11.3 Å². The van der Waals surface area contributed by atoms with E-state index in [1.165, 1.54) is 0 Å². The van der Waals surface area contributed by atoms with E-state index in [1.54, 1.807) is 7.11 Å². The van der Waals surface area contributed by atoms with Gasteiger partial charge in [0.1, 0.15) is 0 Å². The Morgan fingerprint density at radius 1 is 1.35 bits per heavy atom. The molecule has 0 aliphatic carbocycles. The quantitative estimate of drug-likeness (QED) is 0.323. The zero-order valence-corrected chi connectivity index (χ0v) is 14.8. The van der Waals surface area contributed by atoms with E-state index in [0.29, 0.717) is 6.54 Å². The van der Waals surface area contributed by atoms with Crippen LogP contribution in [0.25, 0.3) is 0 Å². The average Bonchev–Trinajstić information content (AvgIpc) is 2.41. The molecule has 6 heteroatoms. The monoisotopic (exact) mass is 392 g/mol. The van der Waals surface area contributed by atoms with E-state index in [-0.39, 0.29) is 24.0 Å². The van der Waals surface area contributed by atoms with Crippen molar-refractivity contribution in [2.45, 2.75) is 26.8 Å². The first-order chi connectivity index (χ1) is 9.26. The van der Waals surface area contributed by atoms with E-state index in [2.05, 4.69) is 27.5 Å². The number of pyridine rings is 1. The van der Waals surface area contributed by atoms with Crippen LogP contribution in [-0.4, -0.2) is 37.7 Å². The molecule has 1 heterocycles. The second-order valence-electron chi connectivity index (χ2n) is 4.24. The predicted octanol–water partition coefficient (Wildman–Crippen LogP) is 2.10. The maximum absolute atomic E-state index is 5.02. The molecule has 5 nitrogen and oxygen atoms in total. The molecular weight excluding hydrogens is 367 g/mol. The first-order valence-corrected chi connectivity index (χ1v) is 6.70. The van der Waals surface area contributed by atoms with E-state index in [1.807, 2.05) is 25.1 Å². The van der Waals surface area contributed by atoms with Gasteiger partial charge in [-0.15, -0.1) is 24.0 Å². The molecule has 0 atom stereocenters. The van der Waals surface area contributed by atoms with Crippen LogP contribution in [0.15, 0.2) is 23.2 Å². The van der Waals surface area contributed by atoms with Gasteiger partial charge in [-0.2, -0.15) is 0 Å². The number of ether oxygens (including phenoxy) is 1. The van der Waals surface area contributed by atoms with Gasteiger partial charge in [0, 0.05) is 32.5 Å².